The van der Waals surface area contributed by atoms with Gasteiger partial charge in [0.2, 0.25) is 0 Å². The molecule has 0 bridgehead atoms. The fourth-order valence-electron chi connectivity index (χ4n) is 1.87. The Morgan fingerprint density at radius 3 is 2.78 bits per heavy atom. The first-order chi connectivity index (χ1) is 8.88. The molecular formula is C14H20N3S+. The number of nitrogens with zero attached hydrogens (tertiary/aromatic N) is 2. The van der Waals surface area contributed by atoms with Crippen LogP contribution in [0.15, 0.2) is 47.9 Å². The van der Waals surface area contributed by atoms with Crippen LogP contribution in [0.3, 0.4) is 0 Å². The molecule has 0 amide bonds. The van der Waals surface area contributed by atoms with E-state index in [1.807, 2.05) is 18.7 Å². The van der Waals surface area contributed by atoms with Gasteiger partial charge in [0.25, 0.3) is 0 Å². The Morgan fingerprint density at radius 2 is 2.11 bits per heavy atom. The second-order valence-corrected chi connectivity index (χ2v) is 5.16. The number of rotatable bonds is 7. The maximum absolute atomic E-state index is 4.04. The minimum Gasteiger partial charge on any atom is -0.342 e. The highest BCUT2D eigenvalue weighted by Crippen LogP contribution is 2.14. The third-order valence-corrected chi connectivity index (χ3v) is 3.67. The molecule has 3 nitrogen and oxygen atoms in total. The summed E-state index contributed by atoms with van der Waals surface area (Å²) in [7, 11) is 0. The second kappa shape index (κ2) is 7.24. The highest BCUT2D eigenvalue weighted by atomic mass is 32.2. The average Bonchev–Trinajstić information content (AvgIpc) is 2.92. The van der Waals surface area contributed by atoms with Crippen molar-refractivity contribution in [3.63, 3.8) is 0 Å². The molecule has 0 fully saturated rings. The molecule has 18 heavy (non-hydrogen) atoms. The van der Waals surface area contributed by atoms with Crippen molar-refractivity contribution < 1.29 is 5.32 Å². The lowest BCUT2D eigenvalue weighted by atomic mass is 10.2. The molecule has 1 aromatic carbocycles. The van der Waals surface area contributed by atoms with Gasteiger partial charge in [-0.3, -0.25) is 0 Å². The van der Waals surface area contributed by atoms with Gasteiger partial charge >= 0.3 is 0 Å². The van der Waals surface area contributed by atoms with Crippen molar-refractivity contribution in [3.8, 4) is 0 Å². The molecule has 0 unspecified atom stereocenters. The second-order valence-electron chi connectivity index (χ2n) is 4.28. The Bertz CT molecular complexity index is 437. The van der Waals surface area contributed by atoms with E-state index in [1.54, 1.807) is 11.8 Å². The van der Waals surface area contributed by atoms with Crippen LogP contribution in [0.4, 0.5) is 0 Å². The summed E-state index contributed by atoms with van der Waals surface area (Å²) in [4.78, 5) is 5.37. The van der Waals surface area contributed by atoms with Gasteiger partial charge in [0.15, 0.2) is 0 Å². The summed E-state index contributed by atoms with van der Waals surface area (Å²) in [6, 6.07) is 8.83. The zero-order chi connectivity index (χ0) is 12.6. The Labute approximate surface area is 113 Å². The maximum atomic E-state index is 4.04. The van der Waals surface area contributed by atoms with Crippen molar-refractivity contribution in [3.05, 3.63) is 48.5 Å². The summed E-state index contributed by atoms with van der Waals surface area (Å²) in [6.07, 6.45) is 9.01. The molecule has 0 aliphatic carbocycles. The Hall–Kier alpha value is -1.26. The highest BCUT2D eigenvalue weighted by Gasteiger charge is 1.97. The molecule has 2 rings (SSSR count). The number of aryl methyl sites for hydroxylation is 1. The molecule has 96 valence electrons. The van der Waals surface area contributed by atoms with E-state index in [1.165, 1.54) is 16.9 Å². The van der Waals surface area contributed by atoms with E-state index in [4.69, 9.17) is 0 Å². The molecule has 0 radical (unpaired) electrons. The van der Waals surface area contributed by atoms with Crippen LogP contribution < -0.4 is 5.32 Å². The quantitative estimate of drug-likeness (QED) is 0.609. The van der Waals surface area contributed by atoms with Crippen LogP contribution in [0.1, 0.15) is 12.0 Å². The molecule has 0 saturated carbocycles. The first-order valence-electron chi connectivity index (χ1n) is 6.29. The summed E-state index contributed by atoms with van der Waals surface area (Å²) in [5, 5.41) is 2.37. The van der Waals surface area contributed by atoms with Crippen LogP contribution in [0.2, 0.25) is 0 Å². The average molecular weight is 262 g/mol. The Balaban J connectivity index is 1.62. The number of hydrogen-bond donors (Lipinski definition) is 1. The SMILES string of the molecule is CSc1ccc(C[NH2+]CCCn2ccnc2)cc1. The van der Waals surface area contributed by atoms with E-state index in [0.717, 1.165) is 19.6 Å². The van der Waals surface area contributed by atoms with E-state index in [2.05, 4.69) is 45.4 Å². The molecule has 0 spiro atoms. The predicted octanol–water partition coefficient (Wildman–Crippen LogP) is 1.76. The van der Waals surface area contributed by atoms with Gasteiger partial charge in [-0.15, -0.1) is 11.8 Å². The van der Waals surface area contributed by atoms with Gasteiger partial charge in [-0.2, -0.15) is 0 Å². The largest absolute Gasteiger partial charge is 0.342 e. The summed E-state index contributed by atoms with van der Waals surface area (Å²) in [5.74, 6) is 0. The van der Waals surface area contributed by atoms with Crippen LogP contribution >= 0.6 is 11.8 Å². The zero-order valence-electron chi connectivity index (χ0n) is 10.7. The molecule has 0 aliphatic rings. The van der Waals surface area contributed by atoms with Gasteiger partial charge in [-0.25, -0.2) is 4.98 Å². The molecule has 2 N–H and O–H groups in total. The Kier molecular flexibility index (Phi) is 5.30. The van der Waals surface area contributed by atoms with E-state index < -0.39 is 0 Å². The van der Waals surface area contributed by atoms with Crippen LogP contribution in [0, 0.1) is 0 Å². The van der Waals surface area contributed by atoms with Gasteiger partial charge in [0.1, 0.15) is 6.54 Å². The van der Waals surface area contributed by atoms with Crippen molar-refractivity contribution in [2.45, 2.75) is 24.4 Å². The predicted molar refractivity (Wildman–Crippen MR) is 75.6 cm³/mol. The van der Waals surface area contributed by atoms with Gasteiger partial charge in [-0.05, 0) is 18.4 Å². The van der Waals surface area contributed by atoms with Crippen LogP contribution in [-0.4, -0.2) is 22.4 Å². The van der Waals surface area contributed by atoms with Crippen molar-refractivity contribution in [2.24, 2.45) is 0 Å². The summed E-state index contributed by atoms with van der Waals surface area (Å²) >= 11 is 1.79. The number of thioether (sulfide) groups is 1. The van der Waals surface area contributed by atoms with Gasteiger partial charge in [-0.1, -0.05) is 12.1 Å². The van der Waals surface area contributed by atoms with E-state index in [0.29, 0.717) is 0 Å². The van der Waals surface area contributed by atoms with Crippen LogP contribution in [0.25, 0.3) is 0 Å². The molecule has 1 aromatic heterocycles. The fourth-order valence-corrected chi connectivity index (χ4v) is 2.28. The van der Waals surface area contributed by atoms with Crippen molar-refractivity contribution >= 4 is 11.8 Å². The van der Waals surface area contributed by atoms with Crippen molar-refractivity contribution in [1.29, 1.82) is 0 Å². The Morgan fingerprint density at radius 1 is 1.28 bits per heavy atom. The maximum Gasteiger partial charge on any atom is 0.101 e. The topological polar surface area (TPSA) is 34.4 Å². The van der Waals surface area contributed by atoms with Gasteiger partial charge < -0.3 is 9.88 Å². The molecule has 1 heterocycles. The molecular weight excluding hydrogens is 242 g/mol. The molecule has 0 saturated heterocycles. The summed E-state index contributed by atoms with van der Waals surface area (Å²) in [6.45, 7) is 3.28. The zero-order valence-corrected chi connectivity index (χ0v) is 11.6. The number of benzene rings is 1. The monoisotopic (exact) mass is 262 g/mol. The van der Waals surface area contributed by atoms with Gasteiger partial charge in [0.05, 0.1) is 12.9 Å². The van der Waals surface area contributed by atoms with Crippen molar-refractivity contribution in [2.75, 3.05) is 12.8 Å². The first kappa shape index (κ1) is 13.2. The normalized spacial score (nSPS) is 10.7. The molecule has 0 atom stereocenters. The lowest BCUT2D eigenvalue weighted by Crippen LogP contribution is -2.82. The smallest absolute Gasteiger partial charge is 0.101 e. The van der Waals surface area contributed by atoms with Crippen molar-refractivity contribution in [1.82, 2.24) is 9.55 Å². The minimum atomic E-state index is 1.06. The van der Waals surface area contributed by atoms with E-state index in [-0.39, 0.29) is 0 Å². The first-order valence-corrected chi connectivity index (χ1v) is 7.51. The molecule has 4 heteroatoms. The van der Waals surface area contributed by atoms with E-state index >= 15 is 0 Å². The van der Waals surface area contributed by atoms with Crippen LogP contribution in [0.5, 0.6) is 0 Å². The third-order valence-electron chi connectivity index (χ3n) is 2.92. The fraction of sp³-hybridized carbons (Fsp3) is 0.357. The van der Waals surface area contributed by atoms with E-state index in [9.17, 15) is 0 Å². The summed E-state index contributed by atoms with van der Waals surface area (Å²) < 4.78 is 2.13. The summed E-state index contributed by atoms with van der Waals surface area (Å²) in [5.41, 5.74) is 1.40. The molecule has 2 aromatic rings. The van der Waals surface area contributed by atoms with Gasteiger partial charge in [0, 0.05) is 35.8 Å². The number of quaternary nitrogens is 1. The minimum absolute atomic E-state index is 1.06. The number of nitrogens with two attached hydrogens (primary N) is 1. The highest BCUT2D eigenvalue weighted by molar-refractivity contribution is 7.98. The number of aromatic nitrogens is 2. The standard InChI is InChI=1S/C14H19N3S/c1-18-14-5-3-13(4-6-14)11-15-7-2-9-17-10-8-16-12-17/h3-6,8,10,12,15H,2,7,9,11H2,1H3/p+1. The molecule has 0 aliphatic heterocycles. The van der Waals surface area contributed by atoms with Crippen LogP contribution in [-0.2, 0) is 13.1 Å². The number of imidazole rings is 1. The third kappa shape index (κ3) is 4.20. The lowest BCUT2D eigenvalue weighted by Gasteiger charge is -2.04. The number of hydrogen-bond acceptors (Lipinski definition) is 2. The lowest BCUT2D eigenvalue weighted by molar-refractivity contribution is -0.671.